The molecule has 0 amide bonds. The highest BCUT2D eigenvalue weighted by Gasteiger charge is 2.60. The molecular weight excluding hydrogens is 364 g/mol. The van der Waals surface area contributed by atoms with Gasteiger partial charge in [-0.05, 0) is 49.4 Å². The zero-order valence-electron chi connectivity index (χ0n) is 16.4. The van der Waals surface area contributed by atoms with Crippen LogP contribution >= 0.6 is 23.5 Å². The van der Waals surface area contributed by atoms with E-state index in [-0.39, 0.29) is 23.6 Å². The molecule has 7 atom stereocenters. The standard InChI is InChI=1S/C21H34O3S2/c1-13(22)24-17-10-14-6-4-5-7-20(14,2)16-11-18(23)21(3,12-15(16)17)19-25-8-9-26-19/h14-19,23H,4-12H2,1-3H3/t14-,15-,16+,17+,18-,20-,21+/m0/s1. The first kappa shape index (κ1) is 19.4. The fourth-order valence-corrected chi connectivity index (χ4v) is 10.1. The topological polar surface area (TPSA) is 46.5 Å². The van der Waals surface area contributed by atoms with Gasteiger partial charge in [-0.3, -0.25) is 4.79 Å². The molecule has 1 saturated heterocycles. The first-order valence-electron chi connectivity index (χ1n) is 10.4. The predicted molar refractivity (Wildman–Crippen MR) is 109 cm³/mol. The molecule has 0 spiro atoms. The Morgan fingerprint density at radius 3 is 2.54 bits per heavy atom. The second-order valence-electron chi connectivity index (χ2n) is 9.64. The summed E-state index contributed by atoms with van der Waals surface area (Å²) in [6, 6.07) is 0. The van der Waals surface area contributed by atoms with E-state index in [9.17, 15) is 9.90 Å². The van der Waals surface area contributed by atoms with E-state index >= 15 is 0 Å². The van der Waals surface area contributed by atoms with Gasteiger partial charge < -0.3 is 9.84 Å². The van der Waals surface area contributed by atoms with Crippen LogP contribution in [0.25, 0.3) is 0 Å². The molecule has 3 nitrogen and oxygen atoms in total. The molecule has 5 heteroatoms. The number of esters is 1. The molecule has 4 aliphatic rings. The summed E-state index contributed by atoms with van der Waals surface area (Å²) in [5.74, 6) is 3.80. The van der Waals surface area contributed by atoms with E-state index in [4.69, 9.17) is 4.74 Å². The number of thioether (sulfide) groups is 2. The molecule has 0 aromatic heterocycles. The lowest BCUT2D eigenvalue weighted by molar-refractivity contribution is -0.186. The SMILES string of the molecule is CC(=O)O[C@@H]1C[C@@H]2CCCC[C@]2(C)[C@@H]2C[C@H](O)[C@](C)(C3SCCS3)C[C@@H]21. The van der Waals surface area contributed by atoms with Gasteiger partial charge >= 0.3 is 5.97 Å². The molecule has 0 aromatic rings. The van der Waals surface area contributed by atoms with Gasteiger partial charge in [-0.1, -0.05) is 26.7 Å². The maximum atomic E-state index is 11.8. The van der Waals surface area contributed by atoms with Crippen LogP contribution in [0.2, 0.25) is 0 Å². The van der Waals surface area contributed by atoms with Gasteiger partial charge in [0.25, 0.3) is 0 Å². The number of rotatable bonds is 2. The Morgan fingerprint density at radius 2 is 1.85 bits per heavy atom. The normalized spacial score (nSPS) is 49.3. The van der Waals surface area contributed by atoms with E-state index in [2.05, 4.69) is 13.8 Å². The highest BCUT2D eigenvalue weighted by Crippen LogP contribution is 2.64. The van der Waals surface area contributed by atoms with Crippen LogP contribution in [-0.2, 0) is 9.53 Å². The molecule has 3 aliphatic carbocycles. The summed E-state index contributed by atoms with van der Waals surface area (Å²) in [5.41, 5.74) is 0.251. The van der Waals surface area contributed by atoms with Crippen molar-refractivity contribution in [3.8, 4) is 0 Å². The van der Waals surface area contributed by atoms with Gasteiger partial charge in [0.2, 0.25) is 0 Å². The number of aliphatic hydroxyl groups excluding tert-OH is 1. The van der Waals surface area contributed by atoms with Crippen molar-refractivity contribution in [2.75, 3.05) is 11.5 Å². The van der Waals surface area contributed by atoms with Crippen molar-refractivity contribution >= 4 is 29.5 Å². The number of hydrogen-bond acceptors (Lipinski definition) is 5. The average Bonchev–Trinajstić information content (AvgIpc) is 3.12. The fourth-order valence-electron chi connectivity index (χ4n) is 6.72. The molecule has 26 heavy (non-hydrogen) atoms. The van der Waals surface area contributed by atoms with Gasteiger partial charge in [-0.2, -0.15) is 0 Å². The van der Waals surface area contributed by atoms with Crippen molar-refractivity contribution in [1.82, 2.24) is 0 Å². The first-order valence-corrected chi connectivity index (χ1v) is 12.5. The fraction of sp³-hybridized carbons (Fsp3) is 0.952. The Morgan fingerprint density at radius 1 is 1.12 bits per heavy atom. The highest BCUT2D eigenvalue weighted by molar-refractivity contribution is 8.20. The van der Waals surface area contributed by atoms with Gasteiger partial charge in [0.05, 0.1) is 10.7 Å². The summed E-state index contributed by atoms with van der Waals surface area (Å²) in [5, 5.41) is 11.3. The van der Waals surface area contributed by atoms with Crippen LogP contribution in [-0.4, -0.2) is 39.4 Å². The van der Waals surface area contributed by atoms with Crippen LogP contribution < -0.4 is 0 Å². The molecule has 0 unspecified atom stereocenters. The minimum Gasteiger partial charge on any atom is -0.462 e. The second kappa shape index (κ2) is 7.18. The average molecular weight is 399 g/mol. The summed E-state index contributed by atoms with van der Waals surface area (Å²) >= 11 is 4.05. The third-order valence-electron chi connectivity index (χ3n) is 8.20. The van der Waals surface area contributed by atoms with Crippen molar-refractivity contribution in [2.24, 2.45) is 28.6 Å². The van der Waals surface area contributed by atoms with Gasteiger partial charge in [0.1, 0.15) is 6.10 Å². The highest BCUT2D eigenvalue weighted by atomic mass is 32.2. The predicted octanol–water partition coefficient (Wildman–Crippen LogP) is 4.72. The second-order valence-corrected chi connectivity index (χ2v) is 12.4. The van der Waals surface area contributed by atoms with E-state index < -0.39 is 0 Å². The molecule has 4 rings (SSSR count). The number of fused-ring (bicyclic) bond motifs is 3. The van der Waals surface area contributed by atoms with E-state index in [1.165, 1.54) is 37.2 Å². The Bertz CT molecular complexity index is 549. The minimum absolute atomic E-state index is 0.0527. The molecule has 0 radical (unpaired) electrons. The first-order chi connectivity index (χ1) is 12.3. The zero-order chi connectivity index (χ0) is 18.5. The third kappa shape index (κ3) is 3.14. The van der Waals surface area contributed by atoms with Crippen LogP contribution in [0, 0.1) is 28.6 Å². The van der Waals surface area contributed by atoms with Crippen LogP contribution in [0.15, 0.2) is 0 Å². The monoisotopic (exact) mass is 398 g/mol. The molecule has 0 aromatic carbocycles. The molecule has 4 fully saturated rings. The Kier molecular flexibility index (Phi) is 5.37. The van der Waals surface area contributed by atoms with Crippen molar-refractivity contribution in [2.45, 2.75) is 82.5 Å². The van der Waals surface area contributed by atoms with Gasteiger partial charge in [0.15, 0.2) is 0 Å². The lowest BCUT2D eigenvalue weighted by Gasteiger charge is -2.61. The van der Waals surface area contributed by atoms with E-state index in [1.54, 1.807) is 6.92 Å². The maximum absolute atomic E-state index is 11.8. The summed E-state index contributed by atoms with van der Waals surface area (Å²) in [4.78, 5) is 11.8. The quantitative estimate of drug-likeness (QED) is 0.682. The van der Waals surface area contributed by atoms with Crippen molar-refractivity contribution in [1.29, 1.82) is 0 Å². The molecule has 1 aliphatic heterocycles. The van der Waals surface area contributed by atoms with Crippen LogP contribution in [0.4, 0.5) is 0 Å². The Balaban J connectivity index is 1.65. The summed E-state index contributed by atoms with van der Waals surface area (Å²) in [7, 11) is 0. The molecule has 0 bridgehead atoms. The third-order valence-corrected chi connectivity index (χ3v) is 11.8. The minimum atomic E-state index is -0.234. The van der Waals surface area contributed by atoms with Crippen LogP contribution in [0.3, 0.4) is 0 Å². The van der Waals surface area contributed by atoms with E-state index in [0.717, 1.165) is 19.3 Å². The largest absolute Gasteiger partial charge is 0.462 e. The summed E-state index contributed by atoms with van der Waals surface area (Å²) in [6.45, 7) is 6.33. The molecule has 148 valence electrons. The number of carbonyl (C=O) groups is 1. The van der Waals surface area contributed by atoms with Gasteiger partial charge in [-0.25, -0.2) is 0 Å². The number of ether oxygens (including phenoxy) is 1. The molecule has 3 saturated carbocycles. The summed E-state index contributed by atoms with van der Waals surface area (Å²) < 4.78 is 6.39. The lowest BCUT2D eigenvalue weighted by atomic mass is 9.46. The maximum Gasteiger partial charge on any atom is 0.302 e. The zero-order valence-corrected chi connectivity index (χ0v) is 18.0. The summed E-state index contributed by atoms with van der Waals surface area (Å²) in [6.07, 6.45) is 7.92. The molecular formula is C21H34O3S2. The van der Waals surface area contributed by atoms with Gasteiger partial charge in [0, 0.05) is 29.8 Å². The number of hydrogen-bond donors (Lipinski definition) is 1. The Hall–Kier alpha value is 0.130. The van der Waals surface area contributed by atoms with E-state index in [1.807, 2.05) is 23.5 Å². The van der Waals surface area contributed by atoms with Gasteiger partial charge in [-0.15, -0.1) is 23.5 Å². The van der Waals surface area contributed by atoms with Crippen molar-refractivity contribution in [3.05, 3.63) is 0 Å². The van der Waals surface area contributed by atoms with Crippen molar-refractivity contribution in [3.63, 3.8) is 0 Å². The van der Waals surface area contributed by atoms with Crippen LogP contribution in [0.1, 0.15) is 65.7 Å². The smallest absolute Gasteiger partial charge is 0.302 e. The number of carbonyl (C=O) groups excluding carboxylic acids is 1. The van der Waals surface area contributed by atoms with Crippen LogP contribution in [0.5, 0.6) is 0 Å². The number of aliphatic hydroxyl groups is 1. The molecule has 1 heterocycles. The van der Waals surface area contributed by atoms with E-state index in [0.29, 0.717) is 27.8 Å². The lowest BCUT2D eigenvalue weighted by Crippen LogP contribution is -2.59. The van der Waals surface area contributed by atoms with Crippen molar-refractivity contribution < 1.29 is 14.6 Å². The molecule has 1 N–H and O–H groups in total. The Labute approximate surface area is 166 Å².